The molecule has 3 N–H and O–H groups in total. The van der Waals surface area contributed by atoms with Crippen LogP contribution in [0, 0.1) is 18.3 Å². The predicted octanol–water partition coefficient (Wildman–Crippen LogP) is 3.08. The second-order valence-corrected chi connectivity index (χ2v) is 5.35. The molecule has 0 aliphatic carbocycles. The number of hydrogen-bond donors (Lipinski definition) is 3. The van der Waals surface area contributed by atoms with Gasteiger partial charge in [0, 0.05) is 17.6 Å². The van der Waals surface area contributed by atoms with Crippen molar-refractivity contribution in [3.05, 3.63) is 71.4 Å². The monoisotopic (exact) mass is 335 g/mol. The summed E-state index contributed by atoms with van der Waals surface area (Å²) in [7, 11) is 0. The summed E-state index contributed by atoms with van der Waals surface area (Å²) in [5.74, 6) is -1.41. The molecule has 0 radical (unpaired) electrons. The Hall–Kier alpha value is -3.59. The molecule has 0 bridgehead atoms. The first-order valence-corrected chi connectivity index (χ1v) is 7.54. The van der Waals surface area contributed by atoms with Gasteiger partial charge >= 0.3 is 5.97 Å². The lowest BCUT2D eigenvalue weighted by atomic mass is 10.1. The van der Waals surface area contributed by atoms with E-state index in [1.165, 1.54) is 6.20 Å². The van der Waals surface area contributed by atoms with E-state index in [1.54, 1.807) is 36.4 Å². The number of anilines is 2. The molecule has 2 rings (SSSR count). The SMILES string of the molecule is Cc1ccccc1NC(=O)/C(C#N)=C\Nc1ccc(CC(=O)O)cc1. The van der Waals surface area contributed by atoms with Gasteiger partial charge in [-0.05, 0) is 36.2 Å². The molecule has 6 nitrogen and oxygen atoms in total. The summed E-state index contributed by atoms with van der Waals surface area (Å²) in [5, 5.41) is 23.5. The number of para-hydroxylation sites is 1. The number of nitrogens with zero attached hydrogens (tertiary/aromatic N) is 1. The minimum atomic E-state index is -0.903. The van der Waals surface area contributed by atoms with Crippen molar-refractivity contribution < 1.29 is 14.7 Å². The number of aliphatic carboxylic acids is 1. The highest BCUT2D eigenvalue weighted by Gasteiger charge is 2.10. The first kappa shape index (κ1) is 17.8. The summed E-state index contributed by atoms with van der Waals surface area (Å²) in [6.45, 7) is 1.86. The van der Waals surface area contributed by atoms with Crippen molar-refractivity contribution in [3.8, 4) is 6.07 Å². The fourth-order valence-electron chi connectivity index (χ4n) is 2.10. The molecule has 0 spiro atoms. The lowest BCUT2D eigenvalue weighted by Crippen LogP contribution is -2.15. The van der Waals surface area contributed by atoms with E-state index in [-0.39, 0.29) is 12.0 Å². The zero-order chi connectivity index (χ0) is 18.2. The highest BCUT2D eigenvalue weighted by molar-refractivity contribution is 6.07. The molecule has 0 aliphatic heterocycles. The summed E-state index contributed by atoms with van der Waals surface area (Å²) in [6.07, 6.45) is 1.26. The van der Waals surface area contributed by atoms with Gasteiger partial charge in [-0.15, -0.1) is 0 Å². The van der Waals surface area contributed by atoms with Gasteiger partial charge < -0.3 is 15.7 Å². The third-order valence-electron chi connectivity index (χ3n) is 3.45. The summed E-state index contributed by atoms with van der Waals surface area (Å²) in [5.41, 5.74) is 2.78. The molecule has 126 valence electrons. The molecule has 2 aromatic carbocycles. The van der Waals surface area contributed by atoms with E-state index in [0.717, 1.165) is 5.56 Å². The molecule has 0 fully saturated rings. The molecular weight excluding hydrogens is 318 g/mol. The van der Waals surface area contributed by atoms with Gasteiger partial charge in [0.25, 0.3) is 5.91 Å². The zero-order valence-electron chi connectivity index (χ0n) is 13.6. The number of carboxylic acid groups (broad SMARTS) is 1. The normalized spacial score (nSPS) is 10.6. The van der Waals surface area contributed by atoms with Gasteiger partial charge in [-0.3, -0.25) is 9.59 Å². The van der Waals surface area contributed by atoms with Crippen LogP contribution in [-0.4, -0.2) is 17.0 Å². The summed E-state index contributed by atoms with van der Waals surface area (Å²) < 4.78 is 0. The maximum absolute atomic E-state index is 12.2. The molecule has 25 heavy (non-hydrogen) atoms. The highest BCUT2D eigenvalue weighted by Crippen LogP contribution is 2.15. The lowest BCUT2D eigenvalue weighted by molar-refractivity contribution is -0.136. The Labute approximate surface area is 145 Å². The van der Waals surface area contributed by atoms with E-state index in [4.69, 9.17) is 5.11 Å². The molecule has 0 aromatic heterocycles. The highest BCUT2D eigenvalue weighted by atomic mass is 16.4. The zero-order valence-corrected chi connectivity index (χ0v) is 13.6. The number of nitrogens with one attached hydrogen (secondary N) is 2. The number of carbonyl (C=O) groups excluding carboxylic acids is 1. The molecule has 0 saturated heterocycles. The average Bonchev–Trinajstić information content (AvgIpc) is 2.58. The topological polar surface area (TPSA) is 102 Å². The summed E-state index contributed by atoms with van der Waals surface area (Å²) in [6, 6.07) is 15.9. The van der Waals surface area contributed by atoms with E-state index in [2.05, 4.69) is 10.6 Å². The molecule has 0 saturated carbocycles. The Kier molecular flexibility index (Phi) is 5.91. The van der Waals surface area contributed by atoms with Crippen molar-refractivity contribution in [1.29, 1.82) is 5.26 Å². The van der Waals surface area contributed by atoms with E-state index in [9.17, 15) is 14.9 Å². The molecule has 0 heterocycles. The first-order valence-electron chi connectivity index (χ1n) is 7.54. The van der Waals surface area contributed by atoms with Crippen molar-refractivity contribution in [2.75, 3.05) is 10.6 Å². The van der Waals surface area contributed by atoms with Gasteiger partial charge in [0.1, 0.15) is 11.6 Å². The molecule has 0 aliphatic rings. The van der Waals surface area contributed by atoms with Gasteiger partial charge in [-0.2, -0.15) is 5.26 Å². The van der Waals surface area contributed by atoms with E-state index >= 15 is 0 Å². The number of carbonyl (C=O) groups is 2. The first-order chi connectivity index (χ1) is 12.0. The Morgan fingerprint density at radius 3 is 2.44 bits per heavy atom. The van der Waals surface area contributed by atoms with Crippen molar-refractivity contribution in [2.24, 2.45) is 0 Å². The molecule has 6 heteroatoms. The summed E-state index contributed by atoms with van der Waals surface area (Å²) >= 11 is 0. The maximum Gasteiger partial charge on any atom is 0.307 e. The second kappa shape index (κ2) is 8.31. The van der Waals surface area contributed by atoms with Crippen LogP contribution in [0.4, 0.5) is 11.4 Å². The third kappa shape index (κ3) is 5.22. The van der Waals surface area contributed by atoms with E-state index in [0.29, 0.717) is 16.9 Å². The van der Waals surface area contributed by atoms with Gasteiger partial charge in [-0.25, -0.2) is 0 Å². The van der Waals surface area contributed by atoms with E-state index < -0.39 is 11.9 Å². The van der Waals surface area contributed by atoms with Crippen molar-refractivity contribution >= 4 is 23.3 Å². The standard InChI is InChI=1S/C19H17N3O3/c1-13-4-2-3-5-17(13)22-19(25)15(11-20)12-21-16-8-6-14(7-9-16)10-18(23)24/h2-9,12,21H,10H2,1H3,(H,22,25)(H,23,24)/b15-12-. The van der Waals surface area contributed by atoms with Crippen molar-refractivity contribution in [3.63, 3.8) is 0 Å². The molecule has 0 unspecified atom stereocenters. The Balaban J connectivity index is 2.04. The molecule has 0 atom stereocenters. The van der Waals surface area contributed by atoms with Gasteiger partial charge in [-0.1, -0.05) is 30.3 Å². The van der Waals surface area contributed by atoms with Crippen LogP contribution in [0.3, 0.4) is 0 Å². The fourth-order valence-corrected chi connectivity index (χ4v) is 2.10. The molecular formula is C19H17N3O3. The Morgan fingerprint density at radius 1 is 1.16 bits per heavy atom. The van der Waals surface area contributed by atoms with Crippen LogP contribution in [0.25, 0.3) is 0 Å². The van der Waals surface area contributed by atoms with Crippen LogP contribution in [0.5, 0.6) is 0 Å². The number of hydrogen-bond acceptors (Lipinski definition) is 4. The lowest BCUT2D eigenvalue weighted by Gasteiger charge is -2.08. The van der Waals surface area contributed by atoms with E-state index in [1.807, 2.05) is 25.1 Å². The number of benzene rings is 2. The van der Waals surface area contributed by atoms with Gasteiger partial charge in [0.05, 0.1) is 6.42 Å². The second-order valence-electron chi connectivity index (χ2n) is 5.35. The molecule has 2 aromatic rings. The minimum Gasteiger partial charge on any atom is -0.481 e. The van der Waals surface area contributed by atoms with Crippen LogP contribution >= 0.6 is 0 Å². The van der Waals surface area contributed by atoms with Gasteiger partial charge in [0.15, 0.2) is 0 Å². The summed E-state index contributed by atoms with van der Waals surface area (Å²) in [4.78, 5) is 22.8. The van der Waals surface area contributed by atoms with Crippen LogP contribution in [-0.2, 0) is 16.0 Å². The minimum absolute atomic E-state index is 0.0571. The number of rotatable bonds is 6. The van der Waals surface area contributed by atoms with Crippen LogP contribution in [0.1, 0.15) is 11.1 Å². The van der Waals surface area contributed by atoms with Crippen LogP contribution < -0.4 is 10.6 Å². The third-order valence-corrected chi connectivity index (χ3v) is 3.45. The average molecular weight is 335 g/mol. The fraction of sp³-hybridized carbons (Fsp3) is 0.105. The Bertz CT molecular complexity index is 849. The van der Waals surface area contributed by atoms with Gasteiger partial charge in [0.2, 0.25) is 0 Å². The van der Waals surface area contributed by atoms with Crippen molar-refractivity contribution in [2.45, 2.75) is 13.3 Å². The number of carboxylic acids is 1. The van der Waals surface area contributed by atoms with Crippen molar-refractivity contribution in [1.82, 2.24) is 0 Å². The predicted molar refractivity (Wildman–Crippen MR) is 94.9 cm³/mol. The Morgan fingerprint density at radius 2 is 1.84 bits per heavy atom. The largest absolute Gasteiger partial charge is 0.481 e. The smallest absolute Gasteiger partial charge is 0.307 e. The maximum atomic E-state index is 12.2. The quantitative estimate of drug-likeness (QED) is 0.556. The number of amides is 1. The molecule has 1 amide bonds. The van der Waals surface area contributed by atoms with Crippen LogP contribution in [0.15, 0.2) is 60.3 Å². The number of nitriles is 1. The number of aryl methyl sites for hydroxylation is 1. The van der Waals surface area contributed by atoms with Crippen LogP contribution in [0.2, 0.25) is 0 Å².